The number of rotatable bonds is 6. The number of hydrogen-bond donors (Lipinski definition) is 0. The molecule has 6 nitrogen and oxygen atoms in total. The Bertz CT molecular complexity index is 456. The number of hydrogen-bond acceptors (Lipinski definition) is 6. The molecule has 10 heteroatoms. The third-order valence-corrected chi connectivity index (χ3v) is 20.7. The Morgan fingerprint density at radius 1 is 0.286 bits per heavy atom. The lowest BCUT2D eigenvalue weighted by Gasteiger charge is -2.76. The second kappa shape index (κ2) is 8.78. The van der Waals surface area contributed by atoms with Crippen molar-refractivity contribution in [1.29, 1.82) is 0 Å². The van der Waals surface area contributed by atoms with E-state index in [4.69, 9.17) is 0 Å². The summed E-state index contributed by atoms with van der Waals surface area (Å²) in [5.41, 5.74) is 0. The Labute approximate surface area is 179 Å². The minimum absolute atomic E-state index is 0.413. The van der Waals surface area contributed by atoms with E-state index in [0.29, 0.717) is 36.3 Å². The monoisotopic (exact) mass is 466 g/mol. The minimum atomic E-state index is -0.413. The van der Waals surface area contributed by atoms with Crippen LogP contribution in [0.25, 0.3) is 0 Å². The standard InChI is InChI=1S/C18H42N6P4/c1-13(2)19-25-20(14(3)4)26(19)24(18(11)12)28-21(15(5)6)27(22(28)16(7)8)23(25)17(9)10/h13-18H,1-12H3. The van der Waals surface area contributed by atoms with E-state index >= 15 is 0 Å². The first kappa shape index (κ1) is 24.1. The molecule has 0 unspecified atom stereocenters. The van der Waals surface area contributed by atoms with Crippen LogP contribution in [-0.2, 0) is 0 Å². The first-order valence-corrected chi connectivity index (χ1v) is 15.7. The average Bonchev–Trinajstić information content (AvgIpc) is 2.40. The Hall–Kier alpha value is 1.48. The highest BCUT2D eigenvalue weighted by Gasteiger charge is 2.69. The van der Waals surface area contributed by atoms with Crippen molar-refractivity contribution < 1.29 is 0 Å². The van der Waals surface area contributed by atoms with Crippen LogP contribution in [0.5, 0.6) is 0 Å². The first-order valence-electron chi connectivity index (χ1n) is 10.9. The zero-order chi connectivity index (χ0) is 21.2. The lowest BCUT2D eigenvalue weighted by Crippen LogP contribution is -2.63. The van der Waals surface area contributed by atoms with E-state index in [9.17, 15) is 0 Å². The van der Waals surface area contributed by atoms with E-state index in [1.54, 1.807) is 0 Å². The highest BCUT2D eigenvalue weighted by atomic mass is 31.3. The van der Waals surface area contributed by atoms with Crippen molar-refractivity contribution >= 4 is 33.5 Å². The Morgan fingerprint density at radius 3 is 0.464 bits per heavy atom. The van der Waals surface area contributed by atoms with Gasteiger partial charge in [-0.05, 0) is 83.1 Å². The van der Waals surface area contributed by atoms with E-state index in [1.165, 1.54) is 0 Å². The van der Waals surface area contributed by atoms with Gasteiger partial charge in [0.2, 0.25) is 0 Å². The molecule has 6 saturated heterocycles. The topological polar surface area (TPSA) is 19.4 Å². The molecule has 0 aromatic rings. The summed E-state index contributed by atoms with van der Waals surface area (Å²) < 4.78 is 17.5. The normalized spacial score (nSPS) is 34.1. The highest BCUT2D eigenvalue weighted by molar-refractivity contribution is 7.94. The van der Waals surface area contributed by atoms with Crippen molar-refractivity contribution in [3.05, 3.63) is 0 Å². The number of nitrogens with zero attached hydrogens (tertiary/aromatic N) is 6. The van der Waals surface area contributed by atoms with Crippen LogP contribution in [0, 0.1) is 0 Å². The summed E-state index contributed by atoms with van der Waals surface area (Å²) in [7, 11) is -1.65. The zero-order valence-electron chi connectivity index (χ0n) is 19.9. The van der Waals surface area contributed by atoms with Gasteiger partial charge < -0.3 is 0 Å². The van der Waals surface area contributed by atoms with Crippen LogP contribution < -0.4 is 0 Å². The molecule has 0 aromatic carbocycles. The van der Waals surface area contributed by atoms with E-state index in [0.717, 1.165) is 0 Å². The maximum atomic E-state index is 2.93. The molecule has 0 atom stereocenters. The molecule has 6 rings (SSSR count). The molecule has 6 aliphatic heterocycles. The molecule has 6 fully saturated rings. The van der Waals surface area contributed by atoms with Crippen LogP contribution >= 0.6 is 33.5 Å². The molecule has 0 aliphatic carbocycles. The van der Waals surface area contributed by atoms with Gasteiger partial charge in [0.05, 0.1) is 0 Å². The van der Waals surface area contributed by atoms with Crippen molar-refractivity contribution in [2.24, 2.45) is 0 Å². The maximum Gasteiger partial charge on any atom is 0.138 e. The fourth-order valence-corrected chi connectivity index (χ4v) is 21.3. The van der Waals surface area contributed by atoms with Gasteiger partial charge in [-0.3, -0.25) is 0 Å². The van der Waals surface area contributed by atoms with Gasteiger partial charge in [0, 0.05) is 36.3 Å². The minimum Gasteiger partial charge on any atom is -0.205 e. The molecule has 164 valence electrons. The Balaban J connectivity index is 2.18. The van der Waals surface area contributed by atoms with Crippen LogP contribution in [0.1, 0.15) is 83.1 Å². The molecule has 4 bridgehead atoms. The summed E-state index contributed by atoms with van der Waals surface area (Å²) in [5, 5.41) is 0. The van der Waals surface area contributed by atoms with Crippen molar-refractivity contribution in [3.63, 3.8) is 0 Å². The fourth-order valence-electron chi connectivity index (χ4n) is 3.97. The van der Waals surface area contributed by atoms with E-state index in [-0.39, 0.29) is 0 Å². The molecule has 0 aromatic heterocycles. The van der Waals surface area contributed by atoms with Gasteiger partial charge in [0.1, 0.15) is 33.5 Å². The SMILES string of the molecule is CC(C)N1P2N(C(C)C)P1N(C(C)C)P1N(C(C)C)P(N1C(C)C)N2C(C)C. The van der Waals surface area contributed by atoms with Gasteiger partial charge in [0.15, 0.2) is 0 Å². The second-order valence-corrected chi connectivity index (χ2v) is 18.8. The molecule has 28 heavy (non-hydrogen) atoms. The van der Waals surface area contributed by atoms with Gasteiger partial charge in [0.25, 0.3) is 0 Å². The third kappa shape index (κ3) is 3.57. The predicted octanol–water partition coefficient (Wildman–Crippen LogP) is 7.20. The molecule has 0 N–H and O–H groups in total. The molecule has 0 radical (unpaired) electrons. The summed E-state index contributed by atoms with van der Waals surface area (Å²) in [4.78, 5) is 0. The molecule has 0 spiro atoms. The van der Waals surface area contributed by atoms with Crippen molar-refractivity contribution in [3.8, 4) is 0 Å². The quantitative estimate of drug-likeness (QED) is 0.383. The predicted molar refractivity (Wildman–Crippen MR) is 130 cm³/mol. The molecule has 6 aliphatic rings. The highest BCUT2D eigenvalue weighted by Crippen LogP contribution is 2.97. The Morgan fingerprint density at radius 2 is 0.393 bits per heavy atom. The van der Waals surface area contributed by atoms with Crippen LogP contribution in [0.3, 0.4) is 0 Å². The summed E-state index contributed by atoms with van der Waals surface area (Å²) in [6, 6.07) is 3.50. The van der Waals surface area contributed by atoms with E-state index in [1.807, 2.05) is 0 Å². The van der Waals surface area contributed by atoms with Crippen molar-refractivity contribution in [2.75, 3.05) is 0 Å². The van der Waals surface area contributed by atoms with Crippen LogP contribution in [0.2, 0.25) is 0 Å². The summed E-state index contributed by atoms with van der Waals surface area (Å²) in [5.74, 6) is 0. The molecular weight excluding hydrogens is 424 g/mol. The zero-order valence-corrected chi connectivity index (χ0v) is 23.5. The van der Waals surface area contributed by atoms with Crippen molar-refractivity contribution in [1.82, 2.24) is 26.6 Å². The Kier molecular flexibility index (Phi) is 7.57. The van der Waals surface area contributed by atoms with Gasteiger partial charge in [-0.2, -0.15) is 0 Å². The van der Waals surface area contributed by atoms with Crippen molar-refractivity contribution in [2.45, 2.75) is 119 Å². The molecule has 0 saturated carbocycles. The van der Waals surface area contributed by atoms with Gasteiger partial charge in [-0.1, -0.05) is 0 Å². The van der Waals surface area contributed by atoms with Crippen LogP contribution in [-0.4, -0.2) is 62.9 Å². The summed E-state index contributed by atoms with van der Waals surface area (Å²) in [6.07, 6.45) is 0. The second-order valence-electron chi connectivity index (χ2n) is 9.56. The fraction of sp³-hybridized carbons (Fsp3) is 1.00. The average molecular weight is 466 g/mol. The third-order valence-electron chi connectivity index (χ3n) is 4.97. The largest absolute Gasteiger partial charge is 0.205 e. The lowest BCUT2D eigenvalue weighted by atomic mass is 10.4. The van der Waals surface area contributed by atoms with E-state index < -0.39 is 33.5 Å². The first-order chi connectivity index (χ1) is 12.9. The summed E-state index contributed by atoms with van der Waals surface area (Å²) in [6.45, 7) is 29.0. The molecule has 0 amide bonds. The smallest absolute Gasteiger partial charge is 0.138 e. The van der Waals surface area contributed by atoms with E-state index in [2.05, 4.69) is 110 Å². The molecular formula is C18H42N6P4. The summed E-state index contributed by atoms with van der Waals surface area (Å²) >= 11 is 0. The maximum absolute atomic E-state index is 2.93. The van der Waals surface area contributed by atoms with Gasteiger partial charge >= 0.3 is 0 Å². The van der Waals surface area contributed by atoms with Gasteiger partial charge in [-0.15, -0.1) is 0 Å². The molecule has 6 heterocycles. The lowest BCUT2D eigenvalue weighted by molar-refractivity contribution is 0.289. The van der Waals surface area contributed by atoms with Crippen LogP contribution in [0.15, 0.2) is 0 Å². The van der Waals surface area contributed by atoms with Crippen LogP contribution in [0.4, 0.5) is 0 Å². The van der Waals surface area contributed by atoms with Gasteiger partial charge in [-0.25, -0.2) is 26.6 Å².